The number of aliphatic hydroxyl groups excluding tert-OH is 1. The first-order valence-corrected chi connectivity index (χ1v) is 5.09. The number of nitrogens with zero attached hydrogens (tertiary/aromatic N) is 1. The molecule has 0 rings (SSSR count). The molecule has 0 aromatic rings. The molecule has 0 saturated heterocycles. The maximum atomic E-state index is 11.9. The molecule has 90 valence electrons. The predicted molar refractivity (Wildman–Crippen MR) is 59.6 cm³/mol. The van der Waals surface area contributed by atoms with Crippen LogP contribution in [0, 0.1) is 0 Å². The summed E-state index contributed by atoms with van der Waals surface area (Å²) in [5.74, 6) is -0.0269. The van der Waals surface area contributed by atoms with Crippen LogP contribution in [0.15, 0.2) is 0 Å². The highest BCUT2D eigenvalue weighted by Gasteiger charge is 2.30. The van der Waals surface area contributed by atoms with E-state index < -0.39 is 11.1 Å². The van der Waals surface area contributed by atoms with E-state index in [1.165, 1.54) is 0 Å². The maximum absolute atomic E-state index is 11.9. The molecule has 0 atom stereocenters. The van der Waals surface area contributed by atoms with Crippen molar-refractivity contribution in [2.75, 3.05) is 20.8 Å². The van der Waals surface area contributed by atoms with Crippen LogP contribution in [-0.2, 0) is 9.53 Å². The molecule has 0 bridgehead atoms. The number of carbonyl (C=O) groups is 1. The molecule has 0 fully saturated rings. The monoisotopic (exact) mass is 217 g/mol. The molecule has 0 radical (unpaired) electrons. The van der Waals surface area contributed by atoms with Gasteiger partial charge in [0.1, 0.15) is 0 Å². The van der Waals surface area contributed by atoms with Crippen LogP contribution in [0.25, 0.3) is 0 Å². The molecule has 1 N–H and O–H groups in total. The normalized spacial score (nSPS) is 12.7. The molecule has 4 nitrogen and oxygen atoms in total. The second-order valence-corrected chi connectivity index (χ2v) is 5.06. The van der Waals surface area contributed by atoms with Crippen molar-refractivity contribution in [1.82, 2.24) is 4.90 Å². The zero-order valence-corrected chi connectivity index (χ0v) is 10.6. The minimum Gasteiger partial charge on any atom is -0.394 e. The van der Waals surface area contributed by atoms with Gasteiger partial charge in [-0.05, 0) is 27.7 Å². The smallest absolute Gasteiger partial charge is 0.225 e. The minimum atomic E-state index is -0.527. The molecule has 0 heterocycles. The Morgan fingerprint density at radius 2 is 1.80 bits per heavy atom. The van der Waals surface area contributed by atoms with E-state index in [0.29, 0.717) is 6.42 Å². The Labute approximate surface area is 92.2 Å². The first kappa shape index (κ1) is 14.4. The summed E-state index contributed by atoms with van der Waals surface area (Å²) in [7, 11) is 3.29. The number of likely N-dealkylation sites (N-methyl/N-ethyl adjacent to an activating group) is 1. The van der Waals surface area contributed by atoms with E-state index in [0.717, 1.165) is 0 Å². The van der Waals surface area contributed by atoms with E-state index in [-0.39, 0.29) is 12.5 Å². The van der Waals surface area contributed by atoms with Crippen LogP contribution in [0.5, 0.6) is 0 Å². The van der Waals surface area contributed by atoms with Crippen LogP contribution in [0.2, 0.25) is 0 Å². The number of hydrogen-bond acceptors (Lipinski definition) is 3. The van der Waals surface area contributed by atoms with E-state index in [9.17, 15) is 4.79 Å². The number of ether oxygens (including phenoxy) is 1. The summed E-state index contributed by atoms with van der Waals surface area (Å²) >= 11 is 0. The van der Waals surface area contributed by atoms with Crippen molar-refractivity contribution in [2.45, 2.75) is 45.3 Å². The minimum absolute atomic E-state index is 0.0269. The van der Waals surface area contributed by atoms with E-state index in [1.807, 2.05) is 27.7 Å². The molecule has 0 spiro atoms. The van der Waals surface area contributed by atoms with Gasteiger partial charge in [0.25, 0.3) is 0 Å². The lowest BCUT2D eigenvalue weighted by atomic mass is 10.00. The number of amides is 1. The summed E-state index contributed by atoms with van der Waals surface area (Å²) in [6.45, 7) is 7.33. The summed E-state index contributed by atoms with van der Waals surface area (Å²) in [6, 6.07) is 0. The fourth-order valence-corrected chi connectivity index (χ4v) is 0.999. The average molecular weight is 217 g/mol. The van der Waals surface area contributed by atoms with Gasteiger partial charge >= 0.3 is 0 Å². The standard InChI is InChI=1S/C11H23NO3/c1-10(2,8-13)12(5)9(14)7-11(3,4)15-6/h13H,7-8H2,1-6H3. The summed E-state index contributed by atoms with van der Waals surface area (Å²) in [4.78, 5) is 13.4. The van der Waals surface area contributed by atoms with E-state index in [1.54, 1.807) is 19.1 Å². The SMILES string of the molecule is COC(C)(C)CC(=O)N(C)C(C)(C)CO. The van der Waals surface area contributed by atoms with Gasteiger partial charge < -0.3 is 14.7 Å². The summed E-state index contributed by atoms with van der Waals surface area (Å²) in [5.41, 5.74) is -0.988. The first-order chi connectivity index (χ1) is 6.66. The highest BCUT2D eigenvalue weighted by Crippen LogP contribution is 2.18. The summed E-state index contributed by atoms with van der Waals surface area (Å²) < 4.78 is 5.19. The third-order valence-corrected chi connectivity index (χ3v) is 2.80. The Balaban J connectivity index is 4.47. The topological polar surface area (TPSA) is 49.8 Å². The second-order valence-electron chi connectivity index (χ2n) is 5.06. The van der Waals surface area contributed by atoms with Crippen LogP contribution < -0.4 is 0 Å². The third-order valence-electron chi connectivity index (χ3n) is 2.80. The third kappa shape index (κ3) is 4.18. The van der Waals surface area contributed by atoms with E-state index >= 15 is 0 Å². The number of carbonyl (C=O) groups excluding carboxylic acids is 1. The van der Waals surface area contributed by atoms with E-state index in [4.69, 9.17) is 9.84 Å². The van der Waals surface area contributed by atoms with Crippen molar-refractivity contribution >= 4 is 5.91 Å². The fraction of sp³-hybridized carbons (Fsp3) is 0.909. The zero-order valence-electron chi connectivity index (χ0n) is 10.6. The van der Waals surface area contributed by atoms with Gasteiger partial charge in [-0.2, -0.15) is 0 Å². The lowest BCUT2D eigenvalue weighted by molar-refractivity contribution is -0.141. The molecule has 0 aromatic heterocycles. The Morgan fingerprint density at radius 3 is 2.13 bits per heavy atom. The zero-order chi connectivity index (χ0) is 12.3. The molecule has 0 aromatic carbocycles. The van der Waals surface area contributed by atoms with Gasteiger partial charge in [-0.1, -0.05) is 0 Å². The number of aliphatic hydroxyl groups is 1. The van der Waals surface area contributed by atoms with Gasteiger partial charge in [-0.3, -0.25) is 4.79 Å². The molecule has 0 unspecified atom stereocenters. The molecular weight excluding hydrogens is 194 g/mol. The predicted octanol–water partition coefficient (Wildman–Crippen LogP) is 1.03. The fourth-order valence-electron chi connectivity index (χ4n) is 0.999. The molecular formula is C11H23NO3. The Morgan fingerprint density at radius 1 is 1.33 bits per heavy atom. The lowest BCUT2D eigenvalue weighted by Gasteiger charge is -2.36. The highest BCUT2D eigenvalue weighted by molar-refractivity contribution is 5.77. The highest BCUT2D eigenvalue weighted by atomic mass is 16.5. The molecule has 0 aliphatic heterocycles. The molecule has 1 amide bonds. The first-order valence-electron chi connectivity index (χ1n) is 5.09. The van der Waals surface area contributed by atoms with E-state index in [2.05, 4.69) is 0 Å². The van der Waals surface area contributed by atoms with Crippen molar-refractivity contribution < 1.29 is 14.6 Å². The van der Waals surface area contributed by atoms with Gasteiger partial charge in [0.05, 0.1) is 24.2 Å². The molecule has 0 saturated carbocycles. The average Bonchev–Trinajstić information content (AvgIpc) is 2.16. The van der Waals surface area contributed by atoms with Crippen LogP contribution in [0.3, 0.4) is 0 Å². The van der Waals surface area contributed by atoms with Gasteiger partial charge in [-0.25, -0.2) is 0 Å². The van der Waals surface area contributed by atoms with Gasteiger partial charge in [0, 0.05) is 14.2 Å². The molecule has 4 heteroatoms. The number of rotatable bonds is 5. The Kier molecular flexibility index (Phi) is 4.74. The van der Waals surface area contributed by atoms with Gasteiger partial charge in [-0.15, -0.1) is 0 Å². The Hall–Kier alpha value is -0.610. The maximum Gasteiger partial charge on any atom is 0.225 e. The van der Waals surface area contributed by atoms with Crippen molar-refractivity contribution in [3.8, 4) is 0 Å². The molecule has 15 heavy (non-hydrogen) atoms. The number of methoxy groups -OCH3 is 1. The number of hydrogen-bond donors (Lipinski definition) is 1. The van der Waals surface area contributed by atoms with Crippen molar-refractivity contribution in [2.24, 2.45) is 0 Å². The van der Waals surface area contributed by atoms with Crippen molar-refractivity contribution in [3.63, 3.8) is 0 Å². The largest absolute Gasteiger partial charge is 0.394 e. The molecule has 0 aliphatic carbocycles. The lowest BCUT2D eigenvalue weighted by Crippen LogP contribution is -2.49. The molecule has 0 aliphatic rings. The van der Waals surface area contributed by atoms with Crippen molar-refractivity contribution in [3.05, 3.63) is 0 Å². The summed E-state index contributed by atoms with van der Waals surface area (Å²) in [5, 5.41) is 9.14. The van der Waals surface area contributed by atoms with Crippen LogP contribution in [0.1, 0.15) is 34.1 Å². The van der Waals surface area contributed by atoms with Crippen LogP contribution in [-0.4, -0.2) is 47.8 Å². The quantitative estimate of drug-likeness (QED) is 0.748. The Bertz CT molecular complexity index is 224. The van der Waals surface area contributed by atoms with Gasteiger partial charge in [0.15, 0.2) is 0 Å². The summed E-state index contributed by atoms with van der Waals surface area (Å²) in [6.07, 6.45) is 0.309. The van der Waals surface area contributed by atoms with Crippen molar-refractivity contribution in [1.29, 1.82) is 0 Å². The second kappa shape index (κ2) is 4.94. The van der Waals surface area contributed by atoms with Gasteiger partial charge in [0.2, 0.25) is 5.91 Å². The van der Waals surface area contributed by atoms with Crippen LogP contribution >= 0.6 is 0 Å². The van der Waals surface area contributed by atoms with Crippen LogP contribution in [0.4, 0.5) is 0 Å².